The number of aliphatic hydroxyl groups excluding tert-OH is 1. The van der Waals surface area contributed by atoms with Crippen molar-refractivity contribution in [3.8, 4) is 0 Å². The van der Waals surface area contributed by atoms with Crippen LogP contribution >= 0.6 is 11.3 Å². The molecule has 0 aliphatic carbocycles. The summed E-state index contributed by atoms with van der Waals surface area (Å²) >= 11 is 1.55. The molecule has 1 aromatic carbocycles. The average Bonchev–Trinajstić information content (AvgIpc) is 2.94. The first-order valence-corrected chi connectivity index (χ1v) is 8.72. The lowest BCUT2D eigenvalue weighted by atomic mass is 10.1. The van der Waals surface area contributed by atoms with Crippen molar-refractivity contribution in [3.05, 3.63) is 51.5 Å². The second kappa shape index (κ2) is 6.65. The zero-order valence-electron chi connectivity index (χ0n) is 11.5. The zero-order valence-corrected chi connectivity index (χ0v) is 13.1. The number of hydrogen-bond donors (Lipinski definition) is 2. The van der Waals surface area contributed by atoms with Gasteiger partial charge >= 0.3 is 0 Å². The minimum atomic E-state index is -3.80. The summed E-state index contributed by atoms with van der Waals surface area (Å²) in [6.45, 7) is 1.24. The van der Waals surface area contributed by atoms with E-state index >= 15 is 0 Å². The molecule has 4 nitrogen and oxygen atoms in total. The van der Waals surface area contributed by atoms with Crippen LogP contribution in [0.1, 0.15) is 16.0 Å². The molecule has 2 aromatic rings. The van der Waals surface area contributed by atoms with Gasteiger partial charge in [0.05, 0.1) is 11.5 Å². The second-order valence-electron chi connectivity index (χ2n) is 4.59. The predicted molar refractivity (Wildman–Crippen MR) is 80.3 cm³/mol. The third-order valence-electron chi connectivity index (χ3n) is 3.07. The van der Waals surface area contributed by atoms with E-state index in [4.69, 9.17) is 5.11 Å². The minimum Gasteiger partial charge on any atom is -0.392 e. The van der Waals surface area contributed by atoms with Crippen molar-refractivity contribution >= 4 is 21.4 Å². The van der Waals surface area contributed by atoms with Crippen LogP contribution in [0.3, 0.4) is 0 Å². The zero-order chi connectivity index (χ0) is 15.5. The van der Waals surface area contributed by atoms with Crippen LogP contribution in [0.4, 0.5) is 4.39 Å². The highest BCUT2D eigenvalue weighted by Gasteiger charge is 2.19. The molecular formula is C14H16FNO3S2. The number of rotatable bonds is 6. The minimum absolute atomic E-state index is 0.0517. The number of benzene rings is 1. The number of halogens is 1. The van der Waals surface area contributed by atoms with Gasteiger partial charge < -0.3 is 5.11 Å². The molecule has 2 rings (SSSR count). The van der Waals surface area contributed by atoms with Crippen molar-refractivity contribution in [1.29, 1.82) is 0 Å². The van der Waals surface area contributed by atoms with Crippen molar-refractivity contribution in [2.24, 2.45) is 0 Å². The molecule has 0 radical (unpaired) electrons. The Hall–Kier alpha value is -1.28. The van der Waals surface area contributed by atoms with E-state index in [0.29, 0.717) is 6.42 Å². The normalized spacial score (nSPS) is 11.8. The average molecular weight is 329 g/mol. The quantitative estimate of drug-likeness (QED) is 0.854. The number of hydrogen-bond acceptors (Lipinski definition) is 4. The summed E-state index contributed by atoms with van der Waals surface area (Å²) < 4.78 is 40.7. The fourth-order valence-corrected chi connectivity index (χ4v) is 3.96. The summed E-state index contributed by atoms with van der Waals surface area (Å²) in [5.41, 5.74) is 0.285. The fraction of sp³-hybridized carbons (Fsp3) is 0.286. The van der Waals surface area contributed by atoms with Crippen LogP contribution in [0, 0.1) is 12.7 Å². The summed E-state index contributed by atoms with van der Waals surface area (Å²) in [7, 11) is -3.80. The lowest BCUT2D eigenvalue weighted by Crippen LogP contribution is -2.27. The Labute approximate surface area is 127 Å². The van der Waals surface area contributed by atoms with Gasteiger partial charge in [0.2, 0.25) is 10.0 Å². The Balaban J connectivity index is 2.17. The number of thiophene rings is 1. The molecule has 0 atom stereocenters. The SMILES string of the molecule is Cc1c(F)cc(CO)cc1S(=O)(=O)NCCc1cccs1. The van der Waals surface area contributed by atoms with Crippen molar-refractivity contribution in [2.45, 2.75) is 24.8 Å². The van der Waals surface area contributed by atoms with E-state index in [1.165, 1.54) is 13.0 Å². The van der Waals surface area contributed by atoms with Crippen LogP contribution in [-0.4, -0.2) is 20.1 Å². The second-order valence-corrected chi connectivity index (χ2v) is 7.35. The molecule has 0 aliphatic rings. The van der Waals surface area contributed by atoms with Gasteiger partial charge in [0.25, 0.3) is 0 Å². The number of nitrogens with one attached hydrogen (secondary N) is 1. The predicted octanol–water partition coefficient (Wildman–Crippen LogP) is 2.21. The Bertz CT molecular complexity index is 712. The van der Waals surface area contributed by atoms with E-state index in [2.05, 4.69) is 4.72 Å². The molecule has 0 fully saturated rings. The Morgan fingerprint density at radius 1 is 1.38 bits per heavy atom. The fourth-order valence-electron chi connectivity index (χ4n) is 1.92. The summed E-state index contributed by atoms with van der Waals surface area (Å²) in [6.07, 6.45) is 0.581. The van der Waals surface area contributed by atoms with Gasteiger partial charge in [-0.1, -0.05) is 6.07 Å². The molecule has 1 aromatic heterocycles. The van der Waals surface area contributed by atoms with E-state index in [1.54, 1.807) is 11.3 Å². The van der Waals surface area contributed by atoms with Crippen LogP contribution in [0.5, 0.6) is 0 Å². The Morgan fingerprint density at radius 2 is 2.14 bits per heavy atom. The standard InChI is InChI=1S/C14H16FNO3S2/c1-10-13(15)7-11(9-17)8-14(10)21(18,19)16-5-4-12-3-2-6-20-12/h2-3,6-8,16-17H,4-5,9H2,1H3. The van der Waals surface area contributed by atoms with Gasteiger partial charge in [0, 0.05) is 17.0 Å². The molecule has 0 amide bonds. The molecule has 2 N–H and O–H groups in total. The van der Waals surface area contributed by atoms with E-state index in [-0.39, 0.29) is 22.6 Å². The van der Waals surface area contributed by atoms with E-state index < -0.39 is 22.4 Å². The molecule has 0 bridgehead atoms. The first-order chi connectivity index (χ1) is 9.94. The first kappa shape index (κ1) is 16.1. The molecule has 0 saturated carbocycles. The van der Waals surface area contributed by atoms with Gasteiger partial charge in [-0.2, -0.15) is 0 Å². The largest absolute Gasteiger partial charge is 0.392 e. The van der Waals surface area contributed by atoms with Crippen LogP contribution < -0.4 is 4.72 Å². The maximum atomic E-state index is 13.7. The lowest BCUT2D eigenvalue weighted by molar-refractivity contribution is 0.281. The summed E-state index contributed by atoms with van der Waals surface area (Å²) in [5.74, 6) is -0.639. The topological polar surface area (TPSA) is 66.4 Å². The molecule has 0 unspecified atom stereocenters. The molecule has 0 aliphatic heterocycles. The third kappa shape index (κ3) is 3.88. The Kier molecular flexibility index (Phi) is 5.10. The van der Waals surface area contributed by atoms with Crippen molar-refractivity contribution in [2.75, 3.05) is 6.54 Å². The molecule has 0 saturated heterocycles. The molecule has 1 heterocycles. The van der Waals surface area contributed by atoms with Gasteiger partial charge in [-0.25, -0.2) is 17.5 Å². The van der Waals surface area contributed by atoms with Gasteiger partial charge in [0.1, 0.15) is 5.82 Å². The molecule has 7 heteroatoms. The monoisotopic (exact) mass is 329 g/mol. The highest BCUT2D eigenvalue weighted by atomic mass is 32.2. The van der Waals surface area contributed by atoms with Crippen molar-refractivity contribution < 1.29 is 17.9 Å². The Morgan fingerprint density at radius 3 is 2.76 bits per heavy atom. The summed E-state index contributed by atoms with van der Waals surface area (Å²) in [4.78, 5) is 0.947. The number of sulfonamides is 1. The smallest absolute Gasteiger partial charge is 0.240 e. The van der Waals surface area contributed by atoms with E-state index in [0.717, 1.165) is 10.9 Å². The van der Waals surface area contributed by atoms with Gasteiger partial charge in [-0.3, -0.25) is 0 Å². The summed E-state index contributed by atoms with van der Waals surface area (Å²) in [5, 5.41) is 11.0. The molecule has 21 heavy (non-hydrogen) atoms. The highest BCUT2D eigenvalue weighted by molar-refractivity contribution is 7.89. The van der Waals surface area contributed by atoms with Crippen LogP contribution in [-0.2, 0) is 23.1 Å². The van der Waals surface area contributed by atoms with Crippen molar-refractivity contribution in [3.63, 3.8) is 0 Å². The maximum Gasteiger partial charge on any atom is 0.240 e. The van der Waals surface area contributed by atoms with Crippen LogP contribution in [0.25, 0.3) is 0 Å². The first-order valence-electron chi connectivity index (χ1n) is 6.36. The molecular weight excluding hydrogens is 313 g/mol. The van der Waals surface area contributed by atoms with Gasteiger partial charge in [0.15, 0.2) is 0 Å². The van der Waals surface area contributed by atoms with Gasteiger partial charge in [-0.05, 0) is 42.5 Å². The third-order valence-corrected chi connectivity index (χ3v) is 5.60. The van der Waals surface area contributed by atoms with Gasteiger partial charge in [-0.15, -0.1) is 11.3 Å². The molecule has 114 valence electrons. The van der Waals surface area contributed by atoms with E-state index in [9.17, 15) is 12.8 Å². The van der Waals surface area contributed by atoms with E-state index in [1.807, 2.05) is 17.5 Å². The van der Waals surface area contributed by atoms with Crippen molar-refractivity contribution in [1.82, 2.24) is 4.72 Å². The summed E-state index contributed by atoms with van der Waals surface area (Å²) in [6, 6.07) is 6.26. The maximum absolute atomic E-state index is 13.7. The number of aliphatic hydroxyl groups is 1. The lowest BCUT2D eigenvalue weighted by Gasteiger charge is -2.11. The molecule has 0 spiro atoms. The van der Waals surface area contributed by atoms with Crippen LogP contribution in [0.2, 0.25) is 0 Å². The van der Waals surface area contributed by atoms with Crippen LogP contribution in [0.15, 0.2) is 34.5 Å². The highest BCUT2D eigenvalue weighted by Crippen LogP contribution is 2.20.